The van der Waals surface area contributed by atoms with E-state index in [4.69, 9.17) is 15.9 Å². The molecule has 0 saturated heterocycles. The van der Waals surface area contributed by atoms with Gasteiger partial charge in [0.15, 0.2) is 0 Å². The summed E-state index contributed by atoms with van der Waals surface area (Å²) in [7, 11) is 0. The minimum absolute atomic E-state index is 0.208. The molecule has 2 aromatic carbocycles. The second-order valence-corrected chi connectivity index (χ2v) is 4.92. The predicted octanol–water partition coefficient (Wildman–Crippen LogP) is 4.22. The Morgan fingerprint density at radius 3 is 2.81 bits per heavy atom. The maximum absolute atomic E-state index is 13.8. The first-order valence-corrected chi connectivity index (χ1v) is 7.44. The van der Waals surface area contributed by atoms with Crippen LogP contribution in [-0.4, -0.2) is 19.0 Å². The van der Waals surface area contributed by atoms with Gasteiger partial charge in [-0.3, -0.25) is 0 Å². The van der Waals surface area contributed by atoms with Gasteiger partial charge in [-0.05, 0) is 36.8 Å². The molecule has 0 saturated carbocycles. The third-order valence-corrected chi connectivity index (χ3v) is 3.59. The van der Waals surface area contributed by atoms with E-state index in [1.165, 1.54) is 17.8 Å². The zero-order valence-corrected chi connectivity index (χ0v) is 12.4. The van der Waals surface area contributed by atoms with Crippen molar-refractivity contribution >= 4 is 28.7 Å². The Morgan fingerprint density at radius 1 is 1.43 bits per heavy atom. The zero-order chi connectivity index (χ0) is 15.4. The van der Waals surface area contributed by atoms with Crippen LogP contribution in [0.1, 0.15) is 12.5 Å². The Kier molecular flexibility index (Phi) is 4.71. The first-order valence-electron chi connectivity index (χ1n) is 6.22. The Morgan fingerprint density at radius 2 is 2.19 bits per heavy atom. The lowest BCUT2D eigenvalue weighted by Crippen LogP contribution is -2.10. The highest BCUT2D eigenvalue weighted by Gasteiger charge is 2.13. The summed E-state index contributed by atoms with van der Waals surface area (Å²) in [6, 6.07) is 6.18. The highest BCUT2D eigenvalue weighted by molar-refractivity contribution is 7.98. The summed E-state index contributed by atoms with van der Waals surface area (Å²) in [5.74, 6) is 2.26. The molecule has 0 aliphatic heterocycles. The molecule has 5 heteroatoms. The normalized spacial score (nSPS) is 10.2. The van der Waals surface area contributed by atoms with Gasteiger partial charge in [-0.2, -0.15) is 0 Å². The van der Waals surface area contributed by atoms with E-state index in [0.29, 0.717) is 16.5 Å². The van der Waals surface area contributed by atoms with E-state index in [1.54, 1.807) is 25.1 Å². The zero-order valence-electron chi connectivity index (χ0n) is 11.6. The van der Waals surface area contributed by atoms with Crippen molar-refractivity contribution in [3.8, 4) is 18.1 Å². The van der Waals surface area contributed by atoms with Crippen LogP contribution in [0.2, 0.25) is 0 Å². The molecule has 0 amide bonds. The van der Waals surface area contributed by atoms with E-state index in [0.717, 1.165) is 4.90 Å². The highest BCUT2D eigenvalue weighted by Crippen LogP contribution is 2.34. The first kappa shape index (κ1) is 15.2. The van der Waals surface area contributed by atoms with Gasteiger partial charge in [-0.1, -0.05) is 12.0 Å². The van der Waals surface area contributed by atoms with Gasteiger partial charge >= 0.3 is 6.16 Å². The molecular weight excluding hydrogens is 291 g/mol. The van der Waals surface area contributed by atoms with Crippen LogP contribution < -0.4 is 4.74 Å². The van der Waals surface area contributed by atoms with Crippen LogP contribution in [0.15, 0.2) is 29.2 Å². The van der Waals surface area contributed by atoms with Crippen molar-refractivity contribution in [3.05, 3.63) is 35.6 Å². The minimum Gasteiger partial charge on any atom is -0.434 e. The standard InChI is InChI=1S/C16H13FO3S/c1-4-12-13(17)7-6-10-8-11(20-16(18)19-5-2)9-14(21-3)15(10)12/h1,6-9H,5H2,2-3H3. The van der Waals surface area contributed by atoms with Crippen LogP contribution in [0.5, 0.6) is 5.75 Å². The van der Waals surface area contributed by atoms with E-state index >= 15 is 0 Å². The maximum Gasteiger partial charge on any atom is 0.513 e. The molecule has 0 radical (unpaired) electrons. The van der Waals surface area contributed by atoms with Crippen molar-refractivity contribution in [2.75, 3.05) is 12.9 Å². The number of terminal acetylenes is 1. The molecule has 21 heavy (non-hydrogen) atoms. The second kappa shape index (κ2) is 6.51. The summed E-state index contributed by atoms with van der Waals surface area (Å²) in [5.41, 5.74) is 0.208. The van der Waals surface area contributed by atoms with Gasteiger partial charge in [-0.25, -0.2) is 9.18 Å². The number of thioether (sulfide) groups is 1. The van der Waals surface area contributed by atoms with Gasteiger partial charge < -0.3 is 9.47 Å². The molecule has 0 atom stereocenters. The topological polar surface area (TPSA) is 35.5 Å². The Hall–Kier alpha value is -2.19. The van der Waals surface area contributed by atoms with Crippen molar-refractivity contribution in [2.45, 2.75) is 11.8 Å². The SMILES string of the molecule is C#Cc1c(F)ccc2cc(OC(=O)OCC)cc(SC)c12. The Labute approximate surface area is 126 Å². The first-order chi connectivity index (χ1) is 10.1. The highest BCUT2D eigenvalue weighted by atomic mass is 32.2. The van der Waals surface area contributed by atoms with E-state index in [1.807, 2.05) is 6.26 Å². The largest absolute Gasteiger partial charge is 0.513 e. The number of carbonyl (C=O) groups excluding carboxylic acids is 1. The van der Waals surface area contributed by atoms with Gasteiger partial charge in [0.1, 0.15) is 11.6 Å². The van der Waals surface area contributed by atoms with Crippen LogP contribution in [0, 0.1) is 18.2 Å². The van der Waals surface area contributed by atoms with E-state index in [2.05, 4.69) is 5.92 Å². The lowest BCUT2D eigenvalue weighted by Gasteiger charge is -2.11. The number of fused-ring (bicyclic) bond motifs is 1. The Bertz CT molecular complexity index is 734. The molecule has 0 bridgehead atoms. The van der Waals surface area contributed by atoms with Gasteiger partial charge in [0.05, 0.1) is 12.2 Å². The van der Waals surface area contributed by atoms with Gasteiger partial charge in [-0.15, -0.1) is 18.2 Å². The lowest BCUT2D eigenvalue weighted by atomic mass is 10.0. The van der Waals surface area contributed by atoms with E-state index in [9.17, 15) is 9.18 Å². The van der Waals surface area contributed by atoms with Gasteiger partial charge in [0, 0.05) is 10.3 Å². The number of benzene rings is 2. The average Bonchev–Trinajstić information content (AvgIpc) is 2.47. The summed E-state index contributed by atoms with van der Waals surface area (Å²) in [6.07, 6.45) is 6.46. The molecule has 2 aromatic rings. The van der Waals surface area contributed by atoms with Crippen molar-refractivity contribution in [2.24, 2.45) is 0 Å². The number of hydrogen-bond acceptors (Lipinski definition) is 4. The fraction of sp³-hybridized carbons (Fsp3) is 0.188. The smallest absolute Gasteiger partial charge is 0.434 e. The molecule has 0 spiro atoms. The summed E-state index contributed by atoms with van der Waals surface area (Å²) in [5, 5.41) is 1.34. The number of rotatable bonds is 3. The fourth-order valence-corrected chi connectivity index (χ4v) is 2.64. The molecule has 0 aliphatic rings. The van der Waals surface area contributed by atoms with Crippen molar-refractivity contribution in [1.82, 2.24) is 0 Å². The van der Waals surface area contributed by atoms with Crippen LogP contribution in [0.4, 0.5) is 9.18 Å². The summed E-state index contributed by atoms with van der Waals surface area (Å²) in [4.78, 5) is 12.1. The summed E-state index contributed by atoms with van der Waals surface area (Å²) in [6.45, 7) is 1.92. The molecule has 3 nitrogen and oxygen atoms in total. The fourth-order valence-electron chi connectivity index (χ4n) is 1.98. The van der Waals surface area contributed by atoms with Crippen molar-refractivity contribution in [3.63, 3.8) is 0 Å². The molecule has 0 unspecified atom stereocenters. The summed E-state index contributed by atoms with van der Waals surface area (Å²) < 4.78 is 23.6. The molecule has 0 heterocycles. The van der Waals surface area contributed by atoms with E-state index in [-0.39, 0.29) is 12.2 Å². The van der Waals surface area contributed by atoms with Crippen molar-refractivity contribution in [1.29, 1.82) is 0 Å². The van der Waals surface area contributed by atoms with Crippen LogP contribution in [-0.2, 0) is 4.74 Å². The van der Waals surface area contributed by atoms with Crippen LogP contribution >= 0.6 is 11.8 Å². The van der Waals surface area contributed by atoms with Gasteiger partial charge in [0.25, 0.3) is 0 Å². The second-order valence-electron chi connectivity index (χ2n) is 4.08. The molecule has 0 N–H and O–H groups in total. The molecule has 108 valence electrons. The number of hydrogen-bond donors (Lipinski definition) is 0. The summed E-state index contributed by atoms with van der Waals surface area (Å²) >= 11 is 1.40. The number of halogens is 1. The van der Waals surface area contributed by atoms with Gasteiger partial charge in [0.2, 0.25) is 0 Å². The number of carbonyl (C=O) groups is 1. The maximum atomic E-state index is 13.8. The van der Waals surface area contributed by atoms with Crippen LogP contribution in [0.25, 0.3) is 10.8 Å². The minimum atomic E-state index is -0.775. The quantitative estimate of drug-likeness (QED) is 0.368. The monoisotopic (exact) mass is 304 g/mol. The van der Waals surface area contributed by atoms with E-state index < -0.39 is 12.0 Å². The third-order valence-electron chi connectivity index (χ3n) is 2.83. The average molecular weight is 304 g/mol. The lowest BCUT2D eigenvalue weighted by molar-refractivity contribution is 0.104. The Balaban J connectivity index is 2.57. The van der Waals surface area contributed by atoms with Crippen LogP contribution in [0.3, 0.4) is 0 Å². The molecule has 0 fully saturated rings. The number of ether oxygens (including phenoxy) is 2. The molecule has 2 rings (SSSR count). The third kappa shape index (κ3) is 3.11. The molecular formula is C16H13FO3S. The molecule has 0 aliphatic carbocycles. The molecule has 0 aromatic heterocycles. The van der Waals surface area contributed by atoms with Crippen molar-refractivity contribution < 1.29 is 18.7 Å². The predicted molar refractivity (Wildman–Crippen MR) is 81.3 cm³/mol.